The molecule has 2 fully saturated rings. The van der Waals surface area contributed by atoms with E-state index in [-0.39, 0.29) is 17.4 Å². The molecular formula is C17H25ClN4O. The summed E-state index contributed by atoms with van der Waals surface area (Å²) < 4.78 is 0. The molecule has 2 unspecified atom stereocenters. The Morgan fingerprint density at radius 3 is 2.65 bits per heavy atom. The summed E-state index contributed by atoms with van der Waals surface area (Å²) in [6.45, 7) is 5.09. The van der Waals surface area contributed by atoms with Gasteiger partial charge < -0.3 is 15.5 Å². The Morgan fingerprint density at radius 2 is 2.04 bits per heavy atom. The third kappa shape index (κ3) is 3.61. The summed E-state index contributed by atoms with van der Waals surface area (Å²) >= 11 is 5.88. The first-order chi connectivity index (χ1) is 11.0. The molecule has 0 spiro atoms. The summed E-state index contributed by atoms with van der Waals surface area (Å²) in [6, 6.07) is 3.78. The second-order valence-electron chi connectivity index (χ2n) is 6.95. The molecule has 1 aromatic heterocycles. The van der Waals surface area contributed by atoms with E-state index in [0.717, 1.165) is 57.7 Å². The highest BCUT2D eigenvalue weighted by molar-refractivity contribution is 6.30. The zero-order valence-corrected chi connectivity index (χ0v) is 14.4. The van der Waals surface area contributed by atoms with E-state index in [0.29, 0.717) is 5.02 Å². The zero-order chi connectivity index (χ0) is 16.4. The number of piperazine rings is 1. The van der Waals surface area contributed by atoms with Gasteiger partial charge in [0.2, 0.25) is 5.91 Å². The van der Waals surface area contributed by atoms with Crippen molar-refractivity contribution >= 4 is 23.3 Å². The molecule has 1 aromatic rings. The molecular weight excluding hydrogens is 312 g/mol. The maximum absolute atomic E-state index is 12.9. The lowest BCUT2D eigenvalue weighted by Crippen LogP contribution is -2.57. The van der Waals surface area contributed by atoms with Crippen molar-refractivity contribution in [2.75, 3.05) is 31.1 Å². The van der Waals surface area contributed by atoms with Gasteiger partial charge >= 0.3 is 0 Å². The number of anilines is 1. The van der Waals surface area contributed by atoms with Crippen LogP contribution in [-0.2, 0) is 4.79 Å². The molecule has 3 rings (SSSR count). The number of nitrogens with zero attached hydrogens (tertiary/aromatic N) is 3. The van der Waals surface area contributed by atoms with Gasteiger partial charge in [0, 0.05) is 37.9 Å². The summed E-state index contributed by atoms with van der Waals surface area (Å²) in [5, 5.41) is 0.641. The van der Waals surface area contributed by atoms with Crippen LogP contribution in [0.3, 0.4) is 0 Å². The smallest absolute Gasteiger partial charge is 0.227 e. The Labute approximate surface area is 142 Å². The topological polar surface area (TPSA) is 62.5 Å². The number of hydrogen-bond acceptors (Lipinski definition) is 4. The Balaban J connectivity index is 1.60. The number of halogens is 1. The quantitative estimate of drug-likeness (QED) is 0.900. The van der Waals surface area contributed by atoms with Gasteiger partial charge in [0.15, 0.2) is 0 Å². The Bertz CT molecular complexity index is 552. The Morgan fingerprint density at radius 1 is 1.30 bits per heavy atom. The molecule has 2 atom stereocenters. The molecule has 0 radical (unpaired) electrons. The van der Waals surface area contributed by atoms with Gasteiger partial charge in [0.05, 0.1) is 10.9 Å². The SMILES string of the molecule is CC1(N)CCCCC1C(=O)N1CCN(c2ccc(Cl)cn2)CC1. The predicted molar refractivity (Wildman–Crippen MR) is 92.6 cm³/mol. The average molecular weight is 337 g/mol. The standard InChI is InChI=1S/C17H25ClN4O/c1-17(19)7-3-2-4-14(17)16(23)22-10-8-21(9-11-22)15-6-5-13(18)12-20-15/h5-6,12,14H,2-4,7-11,19H2,1H3. The van der Waals surface area contributed by atoms with E-state index in [1.807, 2.05) is 24.0 Å². The van der Waals surface area contributed by atoms with Gasteiger partial charge in [-0.2, -0.15) is 0 Å². The highest BCUT2D eigenvalue weighted by atomic mass is 35.5. The van der Waals surface area contributed by atoms with Crippen molar-refractivity contribution in [3.05, 3.63) is 23.4 Å². The fraction of sp³-hybridized carbons (Fsp3) is 0.647. The van der Waals surface area contributed by atoms with E-state index in [1.165, 1.54) is 0 Å². The number of pyridine rings is 1. The van der Waals surface area contributed by atoms with Gasteiger partial charge in [0.1, 0.15) is 5.82 Å². The number of carbonyl (C=O) groups is 1. The molecule has 0 bridgehead atoms. The molecule has 2 N–H and O–H groups in total. The molecule has 126 valence electrons. The third-order valence-electron chi connectivity index (χ3n) is 5.18. The van der Waals surface area contributed by atoms with E-state index < -0.39 is 0 Å². The van der Waals surface area contributed by atoms with Crippen LogP contribution in [0.5, 0.6) is 0 Å². The Hall–Kier alpha value is -1.33. The van der Waals surface area contributed by atoms with Crippen molar-refractivity contribution in [3.8, 4) is 0 Å². The summed E-state index contributed by atoms with van der Waals surface area (Å²) in [5.41, 5.74) is 6.02. The number of carbonyl (C=O) groups excluding carboxylic acids is 1. The van der Waals surface area contributed by atoms with Gasteiger partial charge in [-0.05, 0) is 31.9 Å². The van der Waals surface area contributed by atoms with E-state index in [2.05, 4.69) is 9.88 Å². The Kier molecular flexibility index (Phi) is 4.78. The van der Waals surface area contributed by atoms with Gasteiger partial charge in [0.25, 0.3) is 0 Å². The normalized spacial score (nSPS) is 28.7. The molecule has 1 aliphatic carbocycles. The van der Waals surface area contributed by atoms with Crippen molar-refractivity contribution < 1.29 is 4.79 Å². The molecule has 6 heteroatoms. The largest absolute Gasteiger partial charge is 0.353 e. The van der Waals surface area contributed by atoms with Crippen LogP contribution in [0.25, 0.3) is 0 Å². The molecule has 0 aromatic carbocycles. The number of hydrogen-bond donors (Lipinski definition) is 1. The van der Waals surface area contributed by atoms with E-state index >= 15 is 0 Å². The fourth-order valence-electron chi connectivity index (χ4n) is 3.70. The van der Waals surface area contributed by atoms with Gasteiger partial charge in [-0.1, -0.05) is 24.4 Å². The van der Waals surface area contributed by atoms with Crippen LogP contribution < -0.4 is 10.6 Å². The van der Waals surface area contributed by atoms with Crippen LogP contribution in [0.2, 0.25) is 5.02 Å². The highest BCUT2D eigenvalue weighted by Crippen LogP contribution is 2.33. The molecule has 1 amide bonds. The van der Waals surface area contributed by atoms with Crippen LogP contribution in [0, 0.1) is 5.92 Å². The molecule has 1 aliphatic heterocycles. The molecule has 23 heavy (non-hydrogen) atoms. The second kappa shape index (κ2) is 6.65. The van der Waals surface area contributed by atoms with Gasteiger partial charge in [-0.25, -0.2) is 4.98 Å². The molecule has 2 heterocycles. The van der Waals surface area contributed by atoms with Crippen LogP contribution in [-0.4, -0.2) is 47.5 Å². The average Bonchev–Trinajstić information content (AvgIpc) is 2.55. The lowest BCUT2D eigenvalue weighted by Gasteiger charge is -2.42. The zero-order valence-electron chi connectivity index (χ0n) is 13.7. The summed E-state index contributed by atoms with van der Waals surface area (Å²) in [4.78, 5) is 21.4. The van der Waals surface area contributed by atoms with Crippen molar-refractivity contribution in [3.63, 3.8) is 0 Å². The summed E-state index contributed by atoms with van der Waals surface area (Å²) in [5.74, 6) is 1.12. The minimum Gasteiger partial charge on any atom is -0.353 e. The number of rotatable bonds is 2. The first-order valence-electron chi connectivity index (χ1n) is 8.41. The fourth-order valence-corrected chi connectivity index (χ4v) is 3.81. The van der Waals surface area contributed by atoms with Crippen molar-refractivity contribution in [1.82, 2.24) is 9.88 Å². The second-order valence-corrected chi connectivity index (χ2v) is 7.39. The molecule has 5 nitrogen and oxygen atoms in total. The van der Waals surface area contributed by atoms with E-state index in [1.54, 1.807) is 6.20 Å². The van der Waals surface area contributed by atoms with Crippen molar-refractivity contribution in [1.29, 1.82) is 0 Å². The first kappa shape index (κ1) is 16.5. The summed E-state index contributed by atoms with van der Waals surface area (Å²) in [6.07, 6.45) is 5.77. The predicted octanol–water partition coefficient (Wildman–Crippen LogP) is 2.29. The third-order valence-corrected chi connectivity index (χ3v) is 5.40. The maximum atomic E-state index is 12.9. The molecule has 1 saturated carbocycles. The molecule has 1 saturated heterocycles. The van der Waals surface area contributed by atoms with Crippen LogP contribution in [0.4, 0.5) is 5.82 Å². The monoisotopic (exact) mass is 336 g/mol. The van der Waals surface area contributed by atoms with Crippen LogP contribution >= 0.6 is 11.6 Å². The maximum Gasteiger partial charge on any atom is 0.227 e. The van der Waals surface area contributed by atoms with E-state index in [4.69, 9.17) is 17.3 Å². The van der Waals surface area contributed by atoms with Crippen LogP contribution in [0.15, 0.2) is 18.3 Å². The molecule has 2 aliphatic rings. The number of amides is 1. The minimum atomic E-state index is -0.357. The van der Waals surface area contributed by atoms with Crippen molar-refractivity contribution in [2.24, 2.45) is 11.7 Å². The van der Waals surface area contributed by atoms with Gasteiger partial charge in [-0.15, -0.1) is 0 Å². The highest BCUT2D eigenvalue weighted by Gasteiger charge is 2.40. The van der Waals surface area contributed by atoms with Crippen LogP contribution in [0.1, 0.15) is 32.6 Å². The first-order valence-corrected chi connectivity index (χ1v) is 8.79. The lowest BCUT2D eigenvalue weighted by atomic mass is 9.74. The summed E-state index contributed by atoms with van der Waals surface area (Å²) in [7, 11) is 0. The number of nitrogens with two attached hydrogens (primary N) is 1. The minimum absolute atomic E-state index is 0.0311. The van der Waals surface area contributed by atoms with Crippen molar-refractivity contribution in [2.45, 2.75) is 38.1 Å². The van der Waals surface area contributed by atoms with E-state index in [9.17, 15) is 4.79 Å². The van der Waals surface area contributed by atoms with Gasteiger partial charge in [-0.3, -0.25) is 4.79 Å². The lowest BCUT2D eigenvalue weighted by molar-refractivity contribution is -0.139. The number of aromatic nitrogens is 1.